The average molecular weight is 306 g/mol. The highest BCUT2D eigenvalue weighted by atomic mass is 16.1. The molecule has 0 radical (unpaired) electrons. The minimum atomic E-state index is 0.0212. The highest BCUT2D eigenvalue weighted by Gasteiger charge is 2.14. The van der Waals surface area contributed by atoms with Crippen molar-refractivity contribution in [1.29, 1.82) is 0 Å². The highest BCUT2D eigenvalue weighted by Crippen LogP contribution is 2.25. The second kappa shape index (κ2) is 5.92. The van der Waals surface area contributed by atoms with Crippen molar-refractivity contribution in [3.8, 4) is 0 Å². The minimum absolute atomic E-state index is 0.0212. The lowest BCUT2D eigenvalue weighted by molar-refractivity contribution is -0.115. The first-order chi connectivity index (χ1) is 11.0. The molecule has 3 aromatic rings. The monoisotopic (exact) mass is 306 g/mol. The number of aromatic amines is 1. The number of fused-ring (bicyclic) bond motifs is 1. The normalized spacial score (nSPS) is 11.0. The molecule has 0 aliphatic heterocycles. The topological polar surface area (TPSA) is 44.9 Å². The molecule has 0 unspecified atom stereocenters. The molecule has 118 valence electrons. The van der Waals surface area contributed by atoms with Crippen LogP contribution in [0.25, 0.3) is 10.9 Å². The van der Waals surface area contributed by atoms with E-state index in [0.717, 1.165) is 39.0 Å². The fraction of sp³-hybridized carbons (Fsp3) is 0.250. The number of nitrogens with one attached hydrogen (secondary N) is 2. The number of amides is 1. The third-order valence-corrected chi connectivity index (χ3v) is 4.31. The Balaban J connectivity index is 1.86. The molecule has 0 spiro atoms. The number of anilines is 1. The Morgan fingerprint density at radius 1 is 1.04 bits per heavy atom. The first kappa shape index (κ1) is 15.3. The molecular weight excluding hydrogens is 284 g/mol. The van der Waals surface area contributed by atoms with Crippen LogP contribution >= 0.6 is 0 Å². The second-order valence-corrected chi connectivity index (χ2v) is 6.27. The van der Waals surface area contributed by atoms with Crippen molar-refractivity contribution >= 4 is 22.5 Å². The van der Waals surface area contributed by atoms with Crippen molar-refractivity contribution in [2.45, 2.75) is 34.1 Å². The van der Waals surface area contributed by atoms with Gasteiger partial charge in [0, 0.05) is 22.3 Å². The molecule has 0 aliphatic rings. The van der Waals surface area contributed by atoms with Gasteiger partial charge in [-0.3, -0.25) is 4.79 Å². The summed E-state index contributed by atoms with van der Waals surface area (Å²) < 4.78 is 0. The maximum atomic E-state index is 12.5. The molecule has 0 atom stereocenters. The third-order valence-electron chi connectivity index (χ3n) is 4.31. The summed E-state index contributed by atoms with van der Waals surface area (Å²) in [6.45, 7) is 8.16. The van der Waals surface area contributed by atoms with E-state index in [9.17, 15) is 4.79 Å². The van der Waals surface area contributed by atoms with E-state index in [0.29, 0.717) is 6.42 Å². The summed E-state index contributed by atoms with van der Waals surface area (Å²) >= 11 is 0. The highest BCUT2D eigenvalue weighted by molar-refractivity contribution is 5.97. The van der Waals surface area contributed by atoms with Crippen LogP contribution < -0.4 is 5.32 Å². The zero-order chi connectivity index (χ0) is 16.6. The first-order valence-corrected chi connectivity index (χ1v) is 7.89. The quantitative estimate of drug-likeness (QED) is 0.730. The SMILES string of the molecule is Cc1cc(C)c(NC(=O)Cc2c(C)[nH]c3ccccc23)c(C)c1. The molecule has 2 N–H and O–H groups in total. The van der Waals surface area contributed by atoms with E-state index in [1.807, 2.05) is 39.0 Å². The van der Waals surface area contributed by atoms with Crippen molar-refractivity contribution in [3.05, 3.63) is 64.3 Å². The van der Waals surface area contributed by atoms with Gasteiger partial charge in [0.1, 0.15) is 0 Å². The number of hydrogen-bond acceptors (Lipinski definition) is 1. The van der Waals surface area contributed by atoms with E-state index in [2.05, 4.69) is 35.4 Å². The maximum absolute atomic E-state index is 12.5. The Hall–Kier alpha value is -2.55. The standard InChI is InChI=1S/C20H22N2O/c1-12-9-13(2)20(14(3)10-12)22-19(23)11-17-15(4)21-18-8-6-5-7-16(17)18/h5-10,21H,11H2,1-4H3,(H,22,23). The number of aryl methyl sites for hydroxylation is 4. The molecule has 1 aromatic heterocycles. The lowest BCUT2D eigenvalue weighted by Gasteiger charge is -2.13. The smallest absolute Gasteiger partial charge is 0.228 e. The minimum Gasteiger partial charge on any atom is -0.358 e. The van der Waals surface area contributed by atoms with Gasteiger partial charge < -0.3 is 10.3 Å². The van der Waals surface area contributed by atoms with Gasteiger partial charge in [0.15, 0.2) is 0 Å². The molecule has 3 rings (SSSR count). The third kappa shape index (κ3) is 3.00. The molecule has 0 fully saturated rings. The lowest BCUT2D eigenvalue weighted by atomic mass is 10.0. The number of aromatic nitrogens is 1. The van der Waals surface area contributed by atoms with Crippen LogP contribution in [0.3, 0.4) is 0 Å². The van der Waals surface area contributed by atoms with Crippen molar-refractivity contribution < 1.29 is 4.79 Å². The summed E-state index contributed by atoms with van der Waals surface area (Å²) in [5, 5.41) is 4.21. The van der Waals surface area contributed by atoms with Crippen molar-refractivity contribution in [2.75, 3.05) is 5.32 Å². The van der Waals surface area contributed by atoms with Crippen LogP contribution in [0.15, 0.2) is 36.4 Å². The van der Waals surface area contributed by atoms with Crippen molar-refractivity contribution in [3.63, 3.8) is 0 Å². The van der Waals surface area contributed by atoms with Crippen LogP contribution in [0, 0.1) is 27.7 Å². The van der Waals surface area contributed by atoms with Crippen LogP contribution in [0.2, 0.25) is 0 Å². The van der Waals surface area contributed by atoms with E-state index in [1.54, 1.807) is 0 Å². The summed E-state index contributed by atoms with van der Waals surface area (Å²) in [7, 11) is 0. The van der Waals surface area contributed by atoms with Crippen molar-refractivity contribution in [1.82, 2.24) is 4.98 Å². The molecule has 1 amide bonds. The van der Waals surface area contributed by atoms with Gasteiger partial charge in [-0.15, -0.1) is 0 Å². The predicted molar refractivity (Wildman–Crippen MR) is 96.0 cm³/mol. The van der Waals surface area contributed by atoms with E-state index >= 15 is 0 Å². The number of H-pyrrole nitrogens is 1. The van der Waals surface area contributed by atoms with Crippen LogP contribution in [-0.4, -0.2) is 10.9 Å². The summed E-state index contributed by atoms with van der Waals surface area (Å²) in [5.41, 5.74) is 7.55. The van der Waals surface area contributed by atoms with Gasteiger partial charge in [0.05, 0.1) is 6.42 Å². The van der Waals surface area contributed by atoms with Gasteiger partial charge in [-0.25, -0.2) is 0 Å². The van der Waals surface area contributed by atoms with Crippen LogP contribution in [0.1, 0.15) is 27.9 Å². The van der Waals surface area contributed by atoms with E-state index in [4.69, 9.17) is 0 Å². The predicted octanol–water partition coefficient (Wildman–Crippen LogP) is 4.58. The molecule has 2 aromatic carbocycles. The van der Waals surface area contributed by atoms with Gasteiger partial charge >= 0.3 is 0 Å². The Morgan fingerprint density at radius 3 is 2.39 bits per heavy atom. The number of carbonyl (C=O) groups excluding carboxylic acids is 1. The average Bonchev–Trinajstić information content (AvgIpc) is 2.79. The molecule has 1 heterocycles. The van der Waals surface area contributed by atoms with Gasteiger partial charge in [-0.1, -0.05) is 35.9 Å². The summed E-state index contributed by atoms with van der Waals surface area (Å²) in [4.78, 5) is 15.9. The summed E-state index contributed by atoms with van der Waals surface area (Å²) in [6.07, 6.45) is 0.378. The Bertz CT molecular complexity index is 867. The fourth-order valence-electron chi connectivity index (χ4n) is 3.28. The molecule has 0 aliphatic carbocycles. The molecule has 23 heavy (non-hydrogen) atoms. The number of para-hydroxylation sites is 1. The van der Waals surface area contributed by atoms with Gasteiger partial charge in [0.25, 0.3) is 0 Å². The van der Waals surface area contributed by atoms with Gasteiger partial charge in [-0.2, -0.15) is 0 Å². The summed E-state index contributed by atoms with van der Waals surface area (Å²) in [5.74, 6) is 0.0212. The Labute approximate surface area is 136 Å². The molecule has 3 nitrogen and oxygen atoms in total. The maximum Gasteiger partial charge on any atom is 0.228 e. The largest absolute Gasteiger partial charge is 0.358 e. The first-order valence-electron chi connectivity index (χ1n) is 7.89. The Kier molecular flexibility index (Phi) is 3.95. The second-order valence-electron chi connectivity index (χ2n) is 6.27. The molecule has 0 saturated heterocycles. The molecule has 3 heteroatoms. The van der Waals surface area contributed by atoms with Crippen molar-refractivity contribution in [2.24, 2.45) is 0 Å². The van der Waals surface area contributed by atoms with E-state index in [1.165, 1.54) is 5.56 Å². The zero-order valence-electron chi connectivity index (χ0n) is 14.1. The summed E-state index contributed by atoms with van der Waals surface area (Å²) in [6, 6.07) is 12.3. The van der Waals surface area contributed by atoms with Crippen LogP contribution in [0.4, 0.5) is 5.69 Å². The number of carbonyl (C=O) groups is 1. The van der Waals surface area contributed by atoms with E-state index < -0.39 is 0 Å². The van der Waals surface area contributed by atoms with Crippen LogP contribution in [0.5, 0.6) is 0 Å². The molecular formula is C20H22N2O. The molecule has 0 saturated carbocycles. The number of rotatable bonds is 3. The van der Waals surface area contributed by atoms with Gasteiger partial charge in [0.2, 0.25) is 5.91 Å². The fourth-order valence-corrected chi connectivity index (χ4v) is 3.28. The Morgan fingerprint density at radius 2 is 1.70 bits per heavy atom. The lowest BCUT2D eigenvalue weighted by Crippen LogP contribution is -2.16. The number of benzene rings is 2. The zero-order valence-corrected chi connectivity index (χ0v) is 14.1. The number of hydrogen-bond donors (Lipinski definition) is 2. The van der Waals surface area contributed by atoms with Gasteiger partial charge in [-0.05, 0) is 50.5 Å². The van der Waals surface area contributed by atoms with E-state index in [-0.39, 0.29) is 5.91 Å². The van der Waals surface area contributed by atoms with Crippen LogP contribution in [-0.2, 0) is 11.2 Å². The molecule has 0 bridgehead atoms.